The van der Waals surface area contributed by atoms with Gasteiger partial charge in [-0.3, -0.25) is 0 Å². The van der Waals surface area contributed by atoms with Gasteiger partial charge in [-0.05, 0) is 47.6 Å². The Hall–Kier alpha value is -3.89. The van der Waals surface area contributed by atoms with Crippen molar-refractivity contribution in [2.24, 2.45) is 0 Å². The summed E-state index contributed by atoms with van der Waals surface area (Å²) in [7, 11) is -1.26. The summed E-state index contributed by atoms with van der Waals surface area (Å²) >= 11 is 0. The highest BCUT2D eigenvalue weighted by Crippen LogP contribution is 2.39. The van der Waals surface area contributed by atoms with Crippen LogP contribution in [0.2, 0.25) is 0 Å². The van der Waals surface area contributed by atoms with E-state index in [0.717, 1.165) is 16.3 Å². The van der Waals surface area contributed by atoms with E-state index in [9.17, 15) is 12.8 Å². The molecule has 0 radical (unpaired) electrons. The average molecular weight is 523 g/mol. The van der Waals surface area contributed by atoms with E-state index in [4.69, 9.17) is 4.74 Å². The Bertz CT molecular complexity index is 1660. The maximum Gasteiger partial charge on any atom is 0.201 e. The van der Waals surface area contributed by atoms with Crippen LogP contribution in [0.5, 0.6) is 5.75 Å². The zero-order valence-electron chi connectivity index (χ0n) is 19.9. The fourth-order valence-corrected chi connectivity index (χ4v) is 4.83. The number of nitrogens with zero attached hydrogens (tertiary/aromatic N) is 3. The first kappa shape index (κ1) is 24.8. The van der Waals surface area contributed by atoms with Gasteiger partial charge >= 0.3 is 0 Å². The lowest BCUT2D eigenvalue weighted by Gasteiger charge is -2.15. The van der Waals surface area contributed by atoms with Crippen LogP contribution in [-0.4, -0.2) is 36.8 Å². The molecule has 190 valence electrons. The molecule has 0 fully saturated rings. The molecule has 3 aromatic carbocycles. The first-order valence-electron chi connectivity index (χ1n) is 11.7. The molecule has 7 nitrogen and oxygen atoms in total. The maximum atomic E-state index is 15.5. The summed E-state index contributed by atoms with van der Waals surface area (Å²) in [6.07, 6.45) is 4.01. The number of hydrogen-bond acceptors (Lipinski definition) is 5. The zero-order valence-corrected chi connectivity index (χ0v) is 20.8. The molecular formula is C27H24F2N4O3S. The van der Waals surface area contributed by atoms with Gasteiger partial charge in [0.25, 0.3) is 0 Å². The van der Waals surface area contributed by atoms with Crippen molar-refractivity contribution in [2.45, 2.75) is 19.4 Å². The van der Waals surface area contributed by atoms with Crippen LogP contribution >= 0.6 is 0 Å². The van der Waals surface area contributed by atoms with E-state index in [0.29, 0.717) is 29.7 Å². The predicted molar refractivity (Wildman–Crippen MR) is 139 cm³/mol. The standard InChI is InChI=1S/C27H24F2N4O3S/c1-36-24-13-20-19(14-30-27-22(20)15-31-33(27)16-17-6-3-2-4-7-17)12-21(24)25-23(28)10-9-18(26(25)29)8-5-11-32-37(34)35/h2-4,6-7,9-10,12-15,37H,5,8,11,16H2,1H3,(H,32,34,35). The van der Waals surface area contributed by atoms with Gasteiger partial charge in [-0.25, -0.2) is 31.6 Å². The molecule has 37 heavy (non-hydrogen) atoms. The lowest BCUT2D eigenvalue weighted by atomic mass is 9.96. The monoisotopic (exact) mass is 522 g/mol. The van der Waals surface area contributed by atoms with Crippen LogP contribution in [0.4, 0.5) is 8.78 Å². The predicted octanol–water partition coefficient (Wildman–Crippen LogP) is 4.64. The molecule has 2 aromatic heterocycles. The second-order valence-electron chi connectivity index (χ2n) is 8.59. The van der Waals surface area contributed by atoms with Gasteiger partial charge in [0.05, 0.1) is 25.4 Å². The number of methoxy groups -OCH3 is 1. The van der Waals surface area contributed by atoms with E-state index in [1.807, 2.05) is 35.0 Å². The Morgan fingerprint density at radius 3 is 2.59 bits per heavy atom. The summed E-state index contributed by atoms with van der Waals surface area (Å²) in [4.78, 5) is 4.60. The number of nitrogens with one attached hydrogen (secondary N) is 1. The number of benzene rings is 3. The van der Waals surface area contributed by atoms with Crippen LogP contribution < -0.4 is 9.46 Å². The highest BCUT2D eigenvalue weighted by atomic mass is 32.2. The van der Waals surface area contributed by atoms with Crippen LogP contribution in [0.3, 0.4) is 0 Å². The first-order chi connectivity index (χ1) is 18.0. The number of halogens is 2. The quantitative estimate of drug-likeness (QED) is 0.218. The molecule has 10 heteroatoms. The third-order valence-electron chi connectivity index (χ3n) is 6.28. The molecule has 0 unspecified atom stereocenters. The topological polar surface area (TPSA) is 86.1 Å². The SMILES string of the molecule is COc1cc2c(cnc3c2cnn3Cc2ccccc2)cc1-c1c(F)ccc(CCCN[SH](=O)=O)c1F. The van der Waals surface area contributed by atoms with Crippen molar-refractivity contribution < 1.29 is 21.9 Å². The number of fused-ring (bicyclic) bond motifs is 3. The number of aromatic nitrogens is 3. The minimum atomic E-state index is -2.72. The second-order valence-corrected chi connectivity index (χ2v) is 9.42. The summed E-state index contributed by atoms with van der Waals surface area (Å²) in [5.41, 5.74) is 2.14. The lowest BCUT2D eigenvalue weighted by molar-refractivity contribution is 0.416. The number of pyridine rings is 1. The van der Waals surface area contributed by atoms with Gasteiger partial charge in [0.15, 0.2) is 5.65 Å². The lowest BCUT2D eigenvalue weighted by Crippen LogP contribution is -2.13. The van der Waals surface area contributed by atoms with Crippen LogP contribution in [0.1, 0.15) is 17.5 Å². The van der Waals surface area contributed by atoms with Gasteiger partial charge in [-0.2, -0.15) is 5.10 Å². The Labute approximate surface area is 213 Å². The van der Waals surface area contributed by atoms with E-state index in [2.05, 4.69) is 14.8 Å². The third kappa shape index (κ3) is 5.03. The molecule has 0 amide bonds. The van der Waals surface area contributed by atoms with Crippen LogP contribution in [0.15, 0.2) is 67.0 Å². The van der Waals surface area contributed by atoms with E-state index in [1.165, 1.54) is 19.2 Å². The van der Waals surface area contributed by atoms with Gasteiger partial charge in [0.1, 0.15) is 17.4 Å². The summed E-state index contributed by atoms with van der Waals surface area (Å²) < 4.78 is 61.5. The van der Waals surface area contributed by atoms with E-state index in [1.54, 1.807) is 24.5 Å². The molecular weight excluding hydrogens is 498 g/mol. The number of thiol groups is 1. The Balaban J connectivity index is 1.55. The fourth-order valence-electron chi connectivity index (χ4n) is 4.49. The molecule has 0 saturated carbocycles. The van der Waals surface area contributed by atoms with Gasteiger partial charge in [0.2, 0.25) is 10.9 Å². The number of ether oxygens (including phenoxy) is 1. The van der Waals surface area contributed by atoms with Gasteiger partial charge in [-0.15, -0.1) is 0 Å². The third-order valence-corrected chi connectivity index (χ3v) is 6.76. The molecule has 0 bridgehead atoms. The number of aryl methyl sites for hydroxylation is 1. The molecule has 5 aromatic rings. The van der Waals surface area contributed by atoms with Gasteiger partial charge in [0, 0.05) is 29.1 Å². The van der Waals surface area contributed by atoms with Crippen molar-refractivity contribution in [1.82, 2.24) is 19.5 Å². The van der Waals surface area contributed by atoms with Crippen molar-refractivity contribution in [1.29, 1.82) is 0 Å². The molecule has 2 heterocycles. The fraction of sp³-hybridized carbons (Fsp3) is 0.185. The van der Waals surface area contributed by atoms with E-state index in [-0.39, 0.29) is 29.7 Å². The molecule has 5 rings (SSSR count). The van der Waals surface area contributed by atoms with E-state index < -0.39 is 22.5 Å². The van der Waals surface area contributed by atoms with Crippen molar-refractivity contribution in [2.75, 3.05) is 13.7 Å². The van der Waals surface area contributed by atoms with Crippen LogP contribution in [-0.2, 0) is 23.9 Å². The number of rotatable bonds is 9. The minimum Gasteiger partial charge on any atom is -0.496 e. The van der Waals surface area contributed by atoms with Crippen molar-refractivity contribution >= 4 is 32.7 Å². The van der Waals surface area contributed by atoms with Crippen LogP contribution in [0, 0.1) is 11.6 Å². The Kier molecular flexibility index (Phi) is 7.11. The van der Waals surface area contributed by atoms with Gasteiger partial charge < -0.3 is 4.74 Å². The van der Waals surface area contributed by atoms with Gasteiger partial charge in [-0.1, -0.05) is 36.4 Å². The molecule has 0 atom stereocenters. The highest BCUT2D eigenvalue weighted by molar-refractivity contribution is 7.70. The summed E-state index contributed by atoms with van der Waals surface area (Å²) in [5.74, 6) is -1.10. The highest BCUT2D eigenvalue weighted by Gasteiger charge is 2.21. The summed E-state index contributed by atoms with van der Waals surface area (Å²) in [6.45, 7) is 0.728. The zero-order chi connectivity index (χ0) is 25.9. The smallest absolute Gasteiger partial charge is 0.201 e. The minimum absolute atomic E-state index is 0.170. The second kappa shape index (κ2) is 10.6. The summed E-state index contributed by atoms with van der Waals surface area (Å²) in [5, 5.41) is 6.81. The first-order valence-corrected chi connectivity index (χ1v) is 12.9. The molecule has 1 N–H and O–H groups in total. The normalized spacial score (nSPS) is 11.6. The molecule has 0 aliphatic rings. The van der Waals surface area contributed by atoms with Crippen molar-refractivity contribution in [3.8, 4) is 16.9 Å². The average Bonchev–Trinajstić information content (AvgIpc) is 3.30. The number of hydrogen-bond donors (Lipinski definition) is 2. The Morgan fingerprint density at radius 2 is 1.84 bits per heavy atom. The maximum absolute atomic E-state index is 15.5. The van der Waals surface area contributed by atoms with Crippen molar-refractivity contribution in [3.63, 3.8) is 0 Å². The van der Waals surface area contributed by atoms with Crippen molar-refractivity contribution in [3.05, 3.63) is 89.8 Å². The molecule has 0 spiro atoms. The summed E-state index contributed by atoms with van der Waals surface area (Å²) in [6, 6.07) is 15.9. The molecule has 0 saturated heterocycles. The Morgan fingerprint density at radius 1 is 1.03 bits per heavy atom. The molecule has 0 aliphatic heterocycles. The van der Waals surface area contributed by atoms with E-state index >= 15 is 4.39 Å². The van der Waals surface area contributed by atoms with Crippen LogP contribution in [0.25, 0.3) is 32.9 Å². The molecule has 0 aliphatic carbocycles. The largest absolute Gasteiger partial charge is 0.496 e.